The van der Waals surface area contributed by atoms with E-state index in [9.17, 15) is 26.7 Å². The summed E-state index contributed by atoms with van der Waals surface area (Å²) in [5, 5.41) is 0. The third-order valence-electron chi connectivity index (χ3n) is 2.03. The van der Waals surface area contributed by atoms with Crippen LogP contribution in [-0.2, 0) is 9.53 Å². The molecule has 1 rings (SSSR count). The highest BCUT2D eigenvalue weighted by atomic mass is 19.4. The topological polar surface area (TPSA) is 26.3 Å². The fourth-order valence-electron chi connectivity index (χ4n) is 1.34. The minimum Gasteiger partial charge on any atom is -0.463 e. The van der Waals surface area contributed by atoms with E-state index >= 15 is 0 Å². The van der Waals surface area contributed by atoms with Crippen LogP contribution in [0.25, 0.3) is 5.57 Å². The van der Waals surface area contributed by atoms with Gasteiger partial charge in [0.15, 0.2) is 0 Å². The fourth-order valence-corrected chi connectivity index (χ4v) is 1.34. The van der Waals surface area contributed by atoms with Crippen molar-refractivity contribution in [2.75, 3.05) is 6.61 Å². The van der Waals surface area contributed by atoms with Crippen LogP contribution in [0.3, 0.4) is 0 Å². The van der Waals surface area contributed by atoms with Crippen molar-refractivity contribution in [1.29, 1.82) is 0 Å². The second-order valence-electron chi connectivity index (χ2n) is 3.47. The number of allylic oxidation sites excluding steroid dienone is 1. The Morgan fingerprint density at radius 2 is 1.74 bits per heavy atom. The van der Waals surface area contributed by atoms with Gasteiger partial charge in [0.25, 0.3) is 0 Å². The van der Waals surface area contributed by atoms with Gasteiger partial charge in [-0.2, -0.15) is 13.2 Å². The maximum atomic E-state index is 12.9. The molecule has 0 aromatic heterocycles. The number of carbonyl (C=O) groups excluding carboxylic acids is 1. The molecule has 0 saturated heterocycles. The molecule has 0 aliphatic carbocycles. The van der Waals surface area contributed by atoms with Gasteiger partial charge >= 0.3 is 12.1 Å². The summed E-state index contributed by atoms with van der Waals surface area (Å²) in [5.74, 6) is -3.58. The number of rotatable bonds is 3. The van der Waals surface area contributed by atoms with Gasteiger partial charge in [-0.25, -0.2) is 13.6 Å². The van der Waals surface area contributed by atoms with E-state index in [1.54, 1.807) is 0 Å². The smallest absolute Gasteiger partial charge is 0.417 e. The van der Waals surface area contributed by atoms with Gasteiger partial charge in [0.1, 0.15) is 11.6 Å². The van der Waals surface area contributed by atoms with E-state index in [-0.39, 0.29) is 12.7 Å². The van der Waals surface area contributed by atoms with Crippen LogP contribution in [0.5, 0.6) is 0 Å². The lowest BCUT2D eigenvalue weighted by molar-refractivity contribution is -0.137. The molecule has 0 saturated carbocycles. The number of halogens is 5. The molecule has 19 heavy (non-hydrogen) atoms. The van der Waals surface area contributed by atoms with Gasteiger partial charge in [0.2, 0.25) is 0 Å². The summed E-state index contributed by atoms with van der Waals surface area (Å²) < 4.78 is 68.4. The summed E-state index contributed by atoms with van der Waals surface area (Å²) in [6, 6.07) is 1.41. The normalized spacial score (nSPS) is 12.4. The minimum atomic E-state index is -4.94. The van der Waals surface area contributed by atoms with Gasteiger partial charge in [-0.3, -0.25) is 0 Å². The molecular formula is C12H9F5O2. The lowest BCUT2D eigenvalue weighted by atomic mass is 10.0. The van der Waals surface area contributed by atoms with Crippen molar-refractivity contribution in [2.24, 2.45) is 0 Å². The van der Waals surface area contributed by atoms with E-state index in [0.717, 1.165) is 0 Å². The van der Waals surface area contributed by atoms with E-state index in [4.69, 9.17) is 0 Å². The molecule has 0 unspecified atom stereocenters. The Balaban J connectivity index is 3.29. The molecule has 1 aromatic rings. The first kappa shape index (κ1) is 15.1. The molecular weight excluding hydrogens is 271 g/mol. The van der Waals surface area contributed by atoms with E-state index in [0.29, 0.717) is 18.2 Å². The lowest BCUT2D eigenvalue weighted by Crippen LogP contribution is -2.14. The number of ether oxygens (including phenoxy) is 1. The highest BCUT2D eigenvalue weighted by Gasteiger charge is 2.36. The highest BCUT2D eigenvalue weighted by molar-refractivity contribution is 5.92. The quantitative estimate of drug-likeness (QED) is 0.481. The molecule has 1 aromatic carbocycles. The Hall–Kier alpha value is -1.92. The van der Waals surface area contributed by atoms with Crippen molar-refractivity contribution in [3.05, 3.63) is 41.5 Å². The van der Waals surface area contributed by atoms with Crippen LogP contribution in [0.1, 0.15) is 12.5 Å². The van der Waals surface area contributed by atoms with Gasteiger partial charge in [-0.05, 0) is 24.6 Å². The number of hydrogen-bond donors (Lipinski definition) is 0. The molecule has 2 nitrogen and oxygen atoms in total. The zero-order valence-electron chi connectivity index (χ0n) is 9.72. The van der Waals surface area contributed by atoms with Crippen molar-refractivity contribution >= 4 is 11.5 Å². The molecule has 0 aliphatic heterocycles. The summed E-state index contributed by atoms with van der Waals surface area (Å²) in [6.45, 7) is 1.30. The third-order valence-corrected chi connectivity index (χ3v) is 2.03. The monoisotopic (exact) mass is 280 g/mol. The maximum absolute atomic E-state index is 12.9. The van der Waals surface area contributed by atoms with Crippen LogP contribution in [0, 0.1) is 11.6 Å². The molecule has 0 N–H and O–H groups in total. The third kappa shape index (κ3) is 4.35. The fraction of sp³-hybridized carbons (Fsp3) is 0.250. The van der Waals surface area contributed by atoms with Crippen LogP contribution in [0.4, 0.5) is 22.0 Å². The van der Waals surface area contributed by atoms with Crippen molar-refractivity contribution in [2.45, 2.75) is 13.1 Å². The van der Waals surface area contributed by atoms with Gasteiger partial charge < -0.3 is 4.74 Å². The molecule has 0 fully saturated rings. The zero-order chi connectivity index (χ0) is 14.6. The second-order valence-corrected chi connectivity index (χ2v) is 3.47. The Kier molecular flexibility index (Phi) is 4.63. The van der Waals surface area contributed by atoms with Crippen LogP contribution in [0.15, 0.2) is 24.3 Å². The standard InChI is InChI=1S/C12H9F5O2/c1-2-19-11(18)6-10(12(15,16)17)7-3-8(13)5-9(14)4-7/h3-6H,2H2,1H3. The number of hydrogen-bond acceptors (Lipinski definition) is 2. The van der Waals surface area contributed by atoms with Crippen molar-refractivity contribution in [1.82, 2.24) is 0 Å². The Labute approximate surface area is 105 Å². The Morgan fingerprint density at radius 1 is 1.21 bits per heavy atom. The van der Waals surface area contributed by atoms with Gasteiger partial charge in [0, 0.05) is 12.1 Å². The van der Waals surface area contributed by atoms with Gasteiger partial charge in [0.05, 0.1) is 12.2 Å². The first-order valence-electron chi connectivity index (χ1n) is 5.16. The summed E-state index contributed by atoms with van der Waals surface area (Å²) in [5.41, 5.74) is -2.25. The Morgan fingerprint density at radius 3 is 2.16 bits per heavy atom. The van der Waals surface area contributed by atoms with Crippen molar-refractivity contribution in [3.63, 3.8) is 0 Å². The SMILES string of the molecule is CCOC(=O)C=C(c1cc(F)cc(F)c1)C(F)(F)F. The Bertz CT molecular complexity index is 485. The number of alkyl halides is 3. The molecule has 0 spiro atoms. The molecule has 0 aliphatic rings. The zero-order valence-corrected chi connectivity index (χ0v) is 9.72. The van der Waals surface area contributed by atoms with Crippen LogP contribution in [0.2, 0.25) is 0 Å². The van der Waals surface area contributed by atoms with Gasteiger partial charge in [-0.15, -0.1) is 0 Å². The van der Waals surface area contributed by atoms with Crippen LogP contribution in [-0.4, -0.2) is 18.8 Å². The molecule has 104 valence electrons. The number of esters is 1. The molecule has 0 amide bonds. The summed E-state index contributed by atoms with van der Waals surface area (Å²) in [4.78, 5) is 11.1. The van der Waals surface area contributed by atoms with Crippen LogP contribution < -0.4 is 0 Å². The predicted octanol–water partition coefficient (Wildman–Crippen LogP) is 3.47. The van der Waals surface area contributed by atoms with Crippen molar-refractivity contribution < 1.29 is 31.5 Å². The molecule has 0 heterocycles. The molecule has 0 bridgehead atoms. The highest BCUT2D eigenvalue weighted by Crippen LogP contribution is 2.34. The average molecular weight is 280 g/mol. The van der Waals surface area contributed by atoms with Crippen LogP contribution >= 0.6 is 0 Å². The first-order chi connectivity index (χ1) is 8.74. The molecule has 7 heteroatoms. The van der Waals surface area contributed by atoms with E-state index < -0.39 is 34.9 Å². The van der Waals surface area contributed by atoms with Gasteiger partial charge in [-0.1, -0.05) is 0 Å². The molecule has 0 atom stereocenters. The lowest BCUT2D eigenvalue weighted by Gasteiger charge is -2.12. The number of carbonyl (C=O) groups is 1. The van der Waals surface area contributed by atoms with E-state index in [1.165, 1.54) is 6.92 Å². The summed E-state index contributed by atoms with van der Waals surface area (Å²) in [7, 11) is 0. The summed E-state index contributed by atoms with van der Waals surface area (Å²) >= 11 is 0. The maximum Gasteiger partial charge on any atom is 0.417 e. The van der Waals surface area contributed by atoms with E-state index in [1.807, 2.05) is 0 Å². The summed E-state index contributed by atoms with van der Waals surface area (Å²) in [6.07, 6.45) is -4.77. The minimum absolute atomic E-state index is 0.113. The second kappa shape index (κ2) is 5.81. The predicted molar refractivity (Wildman–Crippen MR) is 57.0 cm³/mol. The van der Waals surface area contributed by atoms with Crippen molar-refractivity contribution in [3.8, 4) is 0 Å². The largest absolute Gasteiger partial charge is 0.463 e. The first-order valence-corrected chi connectivity index (χ1v) is 5.16. The van der Waals surface area contributed by atoms with E-state index in [2.05, 4.69) is 4.74 Å². The average Bonchev–Trinajstić information content (AvgIpc) is 2.23. The molecule has 0 radical (unpaired) electrons. The number of benzene rings is 1.